The van der Waals surface area contributed by atoms with E-state index in [4.69, 9.17) is 11.6 Å². The van der Waals surface area contributed by atoms with Gasteiger partial charge in [-0.25, -0.2) is 8.42 Å². The van der Waals surface area contributed by atoms with Crippen molar-refractivity contribution in [1.82, 2.24) is 9.97 Å². The first-order valence-electron chi connectivity index (χ1n) is 4.43. The fourth-order valence-electron chi connectivity index (χ4n) is 0.960. The Morgan fingerprint density at radius 1 is 1.37 bits per heavy atom. The smallest absolute Gasteiger partial charge is 0.743 e. The number of nitrogens with zero attached hydrogens (tertiary/aromatic N) is 2. The molecule has 0 bridgehead atoms. The number of hydrogen-bond acceptors (Lipinski definition) is 8. The van der Waals surface area contributed by atoms with Crippen molar-refractivity contribution in [2.75, 3.05) is 11.6 Å². The van der Waals surface area contributed by atoms with E-state index in [-0.39, 0.29) is 41.1 Å². The Kier molecular flexibility index (Phi) is 7.17. The number of alkyl halides is 1. The van der Waals surface area contributed by atoms with E-state index in [1.807, 2.05) is 0 Å². The Labute approximate surface area is 137 Å². The van der Waals surface area contributed by atoms with Gasteiger partial charge in [0.2, 0.25) is 0 Å². The molecule has 1 aromatic rings. The maximum absolute atomic E-state index is 11.2. The molecule has 8 nitrogen and oxygen atoms in total. The van der Waals surface area contributed by atoms with Crippen LogP contribution in [0.4, 0.5) is 0 Å². The van der Waals surface area contributed by atoms with Gasteiger partial charge in [-0.15, -0.1) is 11.6 Å². The van der Waals surface area contributed by atoms with Gasteiger partial charge in [-0.2, -0.15) is 13.4 Å². The van der Waals surface area contributed by atoms with Gasteiger partial charge in [0.25, 0.3) is 5.88 Å². The van der Waals surface area contributed by atoms with Crippen molar-refractivity contribution in [3.05, 3.63) is 11.9 Å². The Morgan fingerprint density at radius 3 is 2.42 bits per heavy atom. The summed E-state index contributed by atoms with van der Waals surface area (Å²) >= 11 is 5.24. The molecule has 0 unspecified atom stereocenters. The monoisotopic (exact) mass is 338 g/mol. The van der Waals surface area contributed by atoms with Crippen molar-refractivity contribution in [2.24, 2.45) is 0 Å². The van der Waals surface area contributed by atoms with Gasteiger partial charge < -0.3 is 8.74 Å². The van der Waals surface area contributed by atoms with E-state index >= 15 is 0 Å². The van der Waals surface area contributed by atoms with Crippen LogP contribution in [0.5, 0.6) is 5.88 Å². The van der Waals surface area contributed by atoms with Crippen LogP contribution in [0, 0.1) is 6.92 Å². The van der Waals surface area contributed by atoms with Gasteiger partial charge in [0.05, 0.1) is 17.6 Å². The number of halogens is 1. The summed E-state index contributed by atoms with van der Waals surface area (Å²) in [6, 6.07) is 0. The van der Waals surface area contributed by atoms with Gasteiger partial charge in [0, 0.05) is 5.88 Å². The predicted octanol–water partition coefficient (Wildman–Crippen LogP) is -3.36. The maximum Gasteiger partial charge on any atom is 1.00 e. The first-order valence-corrected chi connectivity index (χ1v) is 7.95. The van der Waals surface area contributed by atoms with Crippen LogP contribution in [0.2, 0.25) is 0 Å². The number of hydrogen-bond donors (Lipinski definition) is 0. The minimum atomic E-state index is -4.85. The molecule has 0 atom stereocenters. The summed E-state index contributed by atoms with van der Waals surface area (Å²) in [5, 5.41) is -0.874. The molecule has 0 fully saturated rings. The zero-order valence-corrected chi connectivity index (χ0v) is 14.4. The molecule has 102 valence electrons. The minimum absolute atomic E-state index is 0. The molecule has 0 saturated heterocycles. The van der Waals surface area contributed by atoms with Crippen LogP contribution in [0.25, 0.3) is 0 Å². The van der Waals surface area contributed by atoms with Gasteiger partial charge >= 0.3 is 39.7 Å². The summed E-state index contributed by atoms with van der Waals surface area (Å²) < 4.78 is 59.4. The number of rotatable bonds is 5. The first-order chi connectivity index (χ1) is 8.15. The zero-order chi connectivity index (χ0) is 14.0. The summed E-state index contributed by atoms with van der Waals surface area (Å²) in [7, 11) is -8.84. The van der Waals surface area contributed by atoms with E-state index in [0.717, 1.165) is 6.20 Å². The van der Waals surface area contributed by atoms with E-state index in [0.29, 0.717) is 0 Å². The van der Waals surface area contributed by atoms with Crippen LogP contribution < -0.4 is 33.7 Å². The second-order valence-corrected chi connectivity index (χ2v) is 6.45. The average Bonchev–Trinajstić information content (AvgIpc) is 2.18. The number of aromatic nitrogens is 2. The van der Waals surface area contributed by atoms with Gasteiger partial charge in [-0.3, -0.25) is 4.98 Å². The Balaban J connectivity index is 0.00000324. The third kappa shape index (κ3) is 5.90. The minimum Gasteiger partial charge on any atom is -0.743 e. The molecule has 0 aliphatic rings. The summed E-state index contributed by atoms with van der Waals surface area (Å²) in [4.78, 5) is 6.83. The predicted molar refractivity (Wildman–Crippen MR) is 59.9 cm³/mol. The Hall–Kier alpha value is 0.0300. The van der Waals surface area contributed by atoms with Crippen LogP contribution in [-0.2, 0) is 20.2 Å². The van der Waals surface area contributed by atoms with Gasteiger partial charge in [0.1, 0.15) is 10.1 Å². The fourth-order valence-corrected chi connectivity index (χ4v) is 2.76. The quantitative estimate of drug-likeness (QED) is 0.236. The molecule has 1 rings (SSSR count). The molecule has 0 aromatic carbocycles. The van der Waals surface area contributed by atoms with Gasteiger partial charge in [-0.1, -0.05) is 0 Å². The topological polar surface area (TPSA) is 126 Å². The molecular weight excluding hydrogens is 331 g/mol. The van der Waals surface area contributed by atoms with Crippen molar-refractivity contribution in [2.45, 2.75) is 11.9 Å². The molecule has 0 N–H and O–H groups in total. The molecule has 1 aromatic heterocycles. The summed E-state index contributed by atoms with van der Waals surface area (Å²) in [6.07, 6.45) is 0.899. The second-order valence-electron chi connectivity index (χ2n) is 3.09. The molecule has 1 heterocycles. The van der Waals surface area contributed by atoms with Gasteiger partial charge in [-0.05, 0) is 6.92 Å². The van der Waals surface area contributed by atoms with Crippen molar-refractivity contribution in [3.8, 4) is 5.88 Å². The van der Waals surface area contributed by atoms with E-state index in [2.05, 4.69) is 14.2 Å². The second kappa shape index (κ2) is 7.16. The van der Waals surface area contributed by atoms with Crippen LogP contribution in [0.3, 0.4) is 0 Å². The van der Waals surface area contributed by atoms with Crippen molar-refractivity contribution in [3.63, 3.8) is 0 Å². The molecule has 19 heavy (non-hydrogen) atoms. The Bertz CT molecular complexity index is 648. The molecule has 0 radical (unpaired) electrons. The van der Waals surface area contributed by atoms with Crippen molar-refractivity contribution < 1.29 is 55.1 Å². The maximum atomic E-state index is 11.2. The standard InChI is InChI=1S/C7H9ClN2O6S2.Na/c1-5-7(18(13,14)15)10-6(4-9-5)16-17(11,12)3-2-8;/h4H,2-3H2,1H3,(H,13,14,15);/q;+1/p-1. The first kappa shape index (κ1) is 19.0. The van der Waals surface area contributed by atoms with Crippen LogP contribution >= 0.6 is 11.6 Å². The number of aryl methyl sites for hydroxylation is 1. The molecule has 12 heteroatoms. The largest absolute Gasteiger partial charge is 1.00 e. The van der Waals surface area contributed by atoms with E-state index in [1.54, 1.807) is 0 Å². The summed E-state index contributed by atoms with van der Waals surface area (Å²) in [5.41, 5.74) is -0.146. The molecular formula is C7H8ClN2NaO6S2. The average molecular weight is 339 g/mol. The third-order valence-corrected chi connectivity index (χ3v) is 4.07. The molecule has 0 aliphatic carbocycles. The van der Waals surface area contributed by atoms with E-state index in [9.17, 15) is 21.4 Å². The van der Waals surface area contributed by atoms with Crippen LogP contribution in [0.15, 0.2) is 11.2 Å². The third-order valence-electron chi connectivity index (χ3n) is 1.67. The molecule has 0 aliphatic heterocycles. The van der Waals surface area contributed by atoms with Gasteiger partial charge in [0.15, 0.2) is 5.03 Å². The SMILES string of the molecule is Cc1ncc(OS(=O)(=O)CCCl)nc1S(=O)(=O)[O-].[Na+]. The van der Waals surface area contributed by atoms with E-state index < -0.39 is 36.9 Å². The molecule has 0 saturated carbocycles. The Morgan fingerprint density at radius 2 is 1.95 bits per heavy atom. The van der Waals surface area contributed by atoms with Crippen molar-refractivity contribution >= 4 is 31.8 Å². The summed E-state index contributed by atoms with van der Waals surface area (Å²) in [5.74, 6) is -1.28. The molecule has 0 spiro atoms. The van der Waals surface area contributed by atoms with E-state index in [1.165, 1.54) is 6.92 Å². The molecule has 0 amide bonds. The fraction of sp³-hybridized carbons (Fsp3) is 0.429. The van der Waals surface area contributed by atoms with Crippen molar-refractivity contribution in [1.29, 1.82) is 0 Å². The van der Waals surface area contributed by atoms with Crippen LogP contribution in [-0.4, -0.2) is 43.0 Å². The van der Waals surface area contributed by atoms with Crippen LogP contribution in [0.1, 0.15) is 5.69 Å². The normalized spacial score (nSPS) is 11.7. The zero-order valence-electron chi connectivity index (χ0n) is 10.0. The summed E-state index contributed by atoms with van der Waals surface area (Å²) in [6.45, 7) is 1.24.